The molecular weight excluding hydrogens is 482 g/mol. The van der Waals surface area contributed by atoms with E-state index in [1.165, 1.54) is 24.6 Å². The monoisotopic (exact) mass is 507 g/mol. The molecule has 0 radical (unpaired) electrons. The molecule has 4 aromatic rings. The zero-order valence-electron chi connectivity index (χ0n) is 20.4. The van der Waals surface area contributed by atoms with E-state index in [0.717, 1.165) is 30.5 Å². The summed E-state index contributed by atoms with van der Waals surface area (Å²) in [5.41, 5.74) is 2.55. The molecule has 1 N–H and O–H groups in total. The predicted molar refractivity (Wildman–Crippen MR) is 133 cm³/mol. The Kier molecular flexibility index (Phi) is 6.36. The van der Waals surface area contributed by atoms with Crippen molar-refractivity contribution in [2.24, 2.45) is 5.92 Å². The Morgan fingerprint density at radius 3 is 2.46 bits per heavy atom. The van der Waals surface area contributed by atoms with Crippen LogP contribution in [0.2, 0.25) is 0 Å². The van der Waals surface area contributed by atoms with Crippen molar-refractivity contribution in [1.82, 2.24) is 14.5 Å². The smallest absolute Gasteiger partial charge is 0.365 e. The van der Waals surface area contributed by atoms with Crippen molar-refractivity contribution in [3.8, 4) is 17.2 Å². The molecule has 190 valence electrons. The largest absolute Gasteiger partial charge is 0.416 e. The summed E-state index contributed by atoms with van der Waals surface area (Å²) in [7, 11) is 0. The van der Waals surface area contributed by atoms with Crippen LogP contribution in [0, 0.1) is 30.0 Å². The van der Waals surface area contributed by atoms with Gasteiger partial charge in [0.1, 0.15) is 22.9 Å². The number of aryl methyl sites for hydroxylation is 1. The first kappa shape index (κ1) is 24.8. The zero-order chi connectivity index (χ0) is 26.3. The zero-order valence-corrected chi connectivity index (χ0v) is 20.4. The minimum absolute atomic E-state index is 0.0441. The maximum Gasteiger partial charge on any atom is 0.416 e. The Balaban J connectivity index is 1.67. The van der Waals surface area contributed by atoms with E-state index < -0.39 is 17.6 Å². The number of anilines is 1. The van der Waals surface area contributed by atoms with Gasteiger partial charge in [-0.25, -0.2) is 9.37 Å². The lowest BCUT2D eigenvalue weighted by molar-refractivity contribution is -0.137. The number of alkyl halides is 3. The van der Waals surface area contributed by atoms with Gasteiger partial charge in [0.15, 0.2) is 5.82 Å². The van der Waals surface area contributed by atoms with Crippen LogP contribution in [0.25, 0.3) is 22.2 Å². The van der Waals surface area contributed by atoms with Crippen LogP contribution in [0.4, 0.5) is 23.4 Å². The van der Waals surface area contributed by atoms with E-state index >= 15 is 0 Å². The van der Waals surface area contributed by atoms with Crippen LogP contribution in [0.3, 0.4) is 0 Å². The summed E-state index contributed by atoms with van der Waals surface area (Å²) in [6, 6.07) is 11.8. The fourth-order valence-electron chi connectivity index (χ4n) is 4.78. The molecule has 0 amide bonds. The number of rotatable bonds is 6. The highest BCUT2D eigenvalue weighted by atomic mass is 19.4. The van der Waals surface area contributed by atoms with E-state index in [2.05, 4.69) is 22.2 Å². The van der Waals surface area contributed by atoms with Crippen molar-refractivity contribution < 1.29 is 17.6 Å². The molecule has 5 nitrogen and oxygen atoms in total. The Hall–Kier alpha value is -3.93. The molecule has 1 aliphatic carbocycles. The number of fused-ring (bicyclic) bond motifs is 1. The van der Waals surface area contributed by atoms with Crippen molar-refractivity contribution in [3.05, 3.63) is 77.0 Å². The van der Waals surface area contributed by atoms with Gasteiger partial charge in [-0.15, -0.1) is 0 Å². The van der Waals surface area contributed by atoms with Crippen molar-refractivity contribution in [1.29, 1.82) is 5.26 Å². The summed E-state index contributed by atoms with van der Waals surface area (Å²) in [4.78, 5) is 8.90. The standard InChI is InChI=1S/C28H25F4N5/c1-16-6-11-23(29)21(12-16)22-15-37(14-18-7-9-20(10-8-18)28(30,31)32)26-25(22)35-24(13-33)36-27(26)34-17(2)19-4-3-5-19/h6-12,15,17,19H,3-5,14H2,1-2H3,(H,34,35,36). The van der Waals surface area contributed by atoms with Crippen LogP contribution in [0.5, 0.6) is 0 Å². The van der Waals surface area contributed by atoms with E-state index in [1.54, 1.807) is 18.3 Å². The molecule has 37 heavy (non-hydrogen) atoms. The predicted octanol–water partition coefficient (Wildman–Crippen LogP) is 7.09. The van der Waals surface area contributed by atoms with Crippen molar-refractivity contribution in [3.63, 3.8) is 0 Å². The third-order valence-corrected chi connectivity index (χ3v) is 7.08. The summed E-state index contributed by atoms with van der Waals surface area (Å²) in [5, 5.41) is 13.1. The highest BCUT2D eigenvalue weighted by Gasteiger charge is 2.30. The normalized spacial score (nSPS) is 14.8. The molecule has 9 heteroatoms. The summed E-state index contributed by atoms with van der Waals surface area (Å²) in [5.74, 6) is 0.445. The number of nitrogens with zero attached hydrogens (tertiary/aromatic N) is 4. The molecule has 1 saturated carbocycles. The molecule has 0 bridgehead atoms. The topological polar surface area (TPSA) is 66.5 Å². The lowest BCUT2D eigenvalue weighted by Crippen LogP contribution is -2.31. The van der Waals surface area contributed by atoms with Crippen LogP contribution < -0.4 is 5.32 Å². The van der Waals surface area contributed by atoms with Crippen LogP contribution in [-0.4, -0.2) is 20.6 Å². The summed E-state index contributed by atoms with van der Waals surface area (Å²) in [6.07, 6.45) is 0.667. The highest BCUT2D eigenvalue weighted by Crippen LogP contribution is 2.37. The number of aromatic nitrogens is 3. The third kappa shape index (κ3) is 4.88. The Morgan fingerprint density at radius 1 is 1.11 bits per heavy atom. The molecule has 1 aliphatic rings. The van der Waals surface area contributed by atoms with Gasteiger partial charge in [-0.1, -0.05) is 30.2 Å². The Morgan fingerprint density at radius 2 is 1.84 bits per heavy atom. The Bertz CT molecular complexity index is 1490. The second kappa shape index (κ2) is 9.51. The maximum absolute atomic E-state index is 15.0. The Labute approximate surface area is 211 Å². The number of nitrogens with one attached hydrogen (secondary N) is 1. The number of benzene rings is 2. The molecule has 2 aromatic heterocycles. The van der Waals surface area contributed by atoms with E-state index in [1.807, 2.05) is 17.6 Å². The van der Waals surface area contributed by atoms with Crippen molar-refractivity contribution in [2.45, 2.75) is 51.9 Å². The van der Waals surface area contributed by atoms with E-state index in [0.29, 0.717) is 39.5 Å². The average Bonchev–Trinajstić information content (AvgIpc) is 3.17. The number of hydrogen-bond acceptors (Lipinski definition) is 4. The van der Waals surface area contributed by atoms with Gasteiger partial charge in [0.05, 0.1) is 5.56 Å². The van der Waals surface area contributed by atoms with Gasteiger partial charge in [0, 0.05) is 29.9 Å². The first-order valence-electron chi connectivity index (χ1n) is 12.1. The molecule has 1 unspecified atom stereocenters. The quantitative estimate of drug-likeness (QED) is 0.283. The average molecular weight is 508 g/mol. The first-order chi connectivity index (χ1) is 17.6. The maximum atomic E-state index is 15.0. The fourth-order valence-corrected chi connectivity index (χ4v) is 4.78. The van der Waals surface area contributed by atoms with Gasteiger partial charge in [-0.3, -0.25) is 0 Å². The minimum atomic E-state index is -4.43. The van der Waals surface area contributed by atoms with Crippen LogP contribution >= 0.6 is 0 Å². The molecule has 1 atom stereocenters. The molecular formula is C28H25F4N5. The van der Waals surface area contributed by atoms with E-state index in [-0.39, 0.29) is 18.4 Å². The van der Waals surface area contributed by atoms with Gasteiger partial charge < -0.3 is 9.88 Å². The molecule has 5 rings (SSSR count). The molecule has 2 aromatic carbocycles. The van der Waals surface area contributed by atoms with Crippen LogP contribution in [0.1, 0.15) is 48.7 Å². The molecule has 0 spiro atoms. The molecule has 2 heterocycles. The number of hydrogen-bond donors (Lipinski definition) is 1. The van der Waals surface area contributed by atoms with Gasteiger partial charge in [-0.05, 0) is 62.4 Å². The lowest BCUT2D eigenvalue weighted by atomic mass is 9.80. The van der Waals surface area contributed by atoms with Crippen LogP contribution in [-0.2, 0) is 12.7 Å². The second-order valence-corrected chi connectivity index (χ2v) is 9.68. The molecule has 0 aliphatic heterocycles. The minimum Gasteiger partial charge on any atom is -0.365 e. The molecule has 0 saturated heterocycles. The van der Waals surface area contributed by atoms with Crippen molar-refractivity contribution >= 4 is 16.9 Å². The van der Waals surface area contributed by atoms with Gasteiger partial charge in [0.2, 0.25) is 5.82 Å². The first-order valence-corrected chi connectivity index (χ1v) is 12.1. The number of halogens is 4. The molecule has 1 fully saturated rings. The van der Waals surface area contributed by atoms with Gasteiger partial charge >= 0.3 is 6.18 Å². The number of nitriles is 1. The SMILES string of the molecule is Cc1ccc(F)c(-c2cn(Cc3ccc(C(F)(F)F)cc3)c3c(NC(C)C4CCC4)nc(C#N)nc23)c1. The van der Waals surface area contributed by atoms with E-state index in [4.69, 9.17) is 0 Å². The second-order valence-electron chi connectivity index (χ2n) is 9.68. The van der Waals surface area contributed by atoms with Gasteiger partial charge in [0.25, 0.3) is 0 Å². The summed E-state index contributed by atoms with van der Waals surface area (Å²) >= 11 is 0. The van der Waals surface area contributed by atoms with Crippen molar-refractivity contribution in [2.75, 3.05) is 5.32 Å². The summed E-state index contributed by atoms with van der Waals surface area (Å²) in [6.45, 7) is 4.13. The lowest BCUT2D eigenvalue weighted by Gasteiger charge is -2.32. The summed E-state index contributed by atoms with van der Waals surface area (Å²) < 4.78 is 56.0. The van der Waals surface area contributed by atoms with Crippen LogP contribution in [0.15, 0.2) is 48.7 Å². The van der Waals surface area contributed by atoms with E-state index in [9.17, 15) is 22.8 Å². The van der Waals surface area contributed by atoms with Gasteiger partial charge in [-0.2, -0.15) is 23.4 Å². The fraction of sp³-hybridized carbons (Fsp3) is 0.321. The third-order valence-electron chi connectivity index (χ3n) is 7.08. The highest BCUT2D eigenvalue weighted by molar-refractivity contribution is 5.99.